The molecule has 0 saturated carbocycles. The SMILES string of the molecule is CC(CNS(=O)(=O)c1cccc(CN)c1)c1nccs1. The van der Waals surface area contributed by atoms with Crippen LogP contribution in [-0.4, -0.2) is 19.9 Å². The molecule has 0 aliphatic rings. The summed E-state index contributed by atoms with van der Waals surface area (Å²) < 4.78 is 27.0. The Bertz CT molecular complexity index is 654. The van der Waals surface area contributed by atoms with Gasteiger partial charge in [0.25, 0.3) is 0 Å². The van der Waals surface area contributed by atoms with Gasteiger partial charge in [0, 0.05) is 30.6 Å². The molecule has 0 amide bonds. The van der Waals surface area contributed by atoms with Crippen molar-refractivity contribution in [1.82, 2.24) is 9.71 Å². The van der Waals surface area contributed by atoms with Crippen molar-refractivity contribution in [2.75, 3.05) is 6.54 Å². The maximum Gasteiger partial charge on any atom is 0.240 e. The highest BCUT2D eigenvalue weighted by Crippen LogP contribution is 2.18. The molecule has 2 rings (SSSR count). The summed E-state index contributed by atoms with van der Waals surface area (Å²) in [6.07, 6.45) is 1.72. The maximum atomic E-state index is 12.2. The highest BCUT2D eigenvalue weighted by Gasteiger charge is 2.17. The van der Waals surface area contributed by atoms with E-state index in [9.17, 15) is 8.42 Å². The van der Waals surface area contributed by atoms with Crippen molar-refractivity contribution in [3.05, 3.63) is 46.4 Å². The lowest BCUT2D eigenvalue weighted by Crippen LogP contribution is -2.27. The molecule has 0 aliphatic carbocycles. The predicted molar refractivity (Wildman–Crippen MR) is 80.1 cm³/mol. The van der Waals surface area contributed by atoms with Crippen LogP contribution in [0.4, 0.5) is 0 Å². The van der Waals surface area contributed by atoms with Crippen LogP contribution in [0.2, 0.25) is 0 Å². The number of sulfonamides is 1. The highest BCUT2D eigenvalue weighted by molar-refractivity contribution is 7.89. The van der Waals surface area contributed by atoms with Crippen molar-refractivity contribution in [2.45, 2.75) is 24.3 Å². The van der Waals surface area contributed by atoms with Crippen LogP contribution >= 0.6 is 11.3 Å². The molecule has 0 spiro atoms. The van der Waals surface area contributed by atoms with E-state index < -0.39 is 10.0 Å². The van der Waals surface area contributed by atoms with E-state index in [1.54, 1.807) is 30.5 Å². The minimum atomic E-state index is -3.51. The molecule has 0 bridgehead atoms. The first-order chi connectivity index (χ1) is 9.53. The fourth-order valence-corrected chi connectivity index (χ4v) is 3.62. The molecular weight excluding hydrogens is 294 g/mol. The molecular formula is C13H17N3O2S2. The zero-order valence-electron chi connectivity index (χ0n) is 11.1. The van der Waals surface area contributed by atoms with Gasteiger partial charge in [0.05, 0.1) is 9.90 Å². The van der Waals surface area contributed by atoms with Crippen LogP contribution in [0.5, 0.6) is 0 Å². The molecule has 1 atom stereocenters. The van der Waals surface area contributed by atoms with Crippen molar-refractivity contribution in [3.63, 3.8) is 0 Å². The summed E-state index contributed by atoms with van der Waals surface area (Å²) in [5.41, 5.74) is 6.32. The Morgan fingerprint density at radius 1 is 1.45 bits per heavy atom. The summed E-state index contributed by atoms with van der Waals surface area (Å²) in [5, 5.41) is 2.80. The quantitative estimate of drug-likeness (QED) is 0.850. The number of aromatic nitrogens is 1. The van der Waals surface area contributed by atoms with Gasteiger partial charge in [-0.2, -0.15) is 0 Å². The summed E-state index contributed by atoms with van der Waals surface area (Å²) >= 11 is 1.52. The molecule has 1 aromatic heterocycles. The van der Waals surface area contributed by atoms with Gasteiger partial charge in [0.15, 0.2) is 0 Å². The van der Waals surface area contributed by atoms with Crippen LogP contribution in [0.3, 0.4) is 0 Å². The standard InChI is InChI=1S/C13H17N3O2S2/c1-10(13-15-5-6-19-13)9-16-20(17,18)12-4-2-3-11(7-12)8-14/h2-7,10,16H,8-9,14H2,1H3. The third-order valence-corrected chi connectivity index (χ3v) is 5.33. The van der Waals surface area contributed by atoms with Crippen LogP contribution in [-0.2, 0) is 16.6 Å². The minimum absolute atomic E-state index is 0.0440. The number of thiazole rings is 1. The van der Waals surface area contributed by atoms with Crippen LogP contribution in [0, 0.1) is 0 Å². The average Bonchev–Trinajstić information content (AvgIpc) is 2.99. The van der Waals surface area contributed by atoms with Crippen LogP contribution in [0.1, 0.15) is 23.4 Å². The third kappa shape index (κ3) is 3.63. The van der Waals surface area contributed by atoms with E-state index in [1.165, 1.54) is 11.3 Å². The molecule has 5 nitrogen and oxygen atoms in total. The van der Waals surface area contributed by atoms with Gasteiger partial charge in [0.1, 0.15) is 0 Å². The largest absolute Gasteiger partial charge is 0.326 e. The molecule has 1 unspecified atom stereocenters. The van der Waals surface area contributed by atoms with Crippen LogP contribution < -0.4 is 10.5 Å². The molecule has 3 N–H and O–H groups in total. The molecule has 1 aromatic carbocycles. The van der Waals surface area contributed by atoms with Gasteiger partial charge in [-0.15, -0.1) is 11.3 Å². The summed E-state index contributed by atoms with van der Waals surface area (Å²) in [6, 6.07) is 6.66. The Morgan fingerprint density at radius 3 is 2.90 bits per heavy atom. The zero-order valence-corrected chi connectivity index (χ0v) is 12.7. The molecule has 1 heterocycles. The first-order valence-electron chi connectivity index (χ1n) is 6.21. The molecule has 0 saturated heterocycles. The number of rotatable bonds is 6. The predicted octanol–water partition coefficient (Wildman–Crippen LogP) is 1.68. The Hall–Kier alpha value is -1.28. The van der Waals surface area contributed by atoms with Gasteiger partial charge in [-0.3, -0.25) is 0 Å². The highest BCUT2D eigenvalue weighted by atomic mass is 32.2. The normalized spacial score (nSPS) is 13.3. The molecule has 7 heteroatoms. The van der Waals surface area contributed by atoms with Crippen molar-refractivity contribution < 1.29 is 8.42 Å². The lowest BCUT2D eigenvalue weighted by Gasteiger charge is -2.11. The summed E-state index contributed by atoms with van der Waals surface area (Å²) in [4.78, 5) is 4.43. The smallest absolute Gasteiger partial charge is 0.240 e. The minimum Gasteiger partial charge on any atom is -0.326 e. The van der Waals surface area contributed by atoms with E-state index in [-0.39, 0.29) is 10.8 Å². The van der Waals surface area contributed by atoms with Gasteiger partial charge < -0.3 is 5.73 Å². The number of hydrogen-bond acceptors (Lipinski definition) is 5. The van der Waals surface area contributed by atoms with E-state index in [4.69, 9.17) is 5.73 Å². The van der Waals surface area contributed by atoms with Crippen molar-refractivity contribution in [2.24, 2.45) is 5.73 Å². The first-order valence-corrected chi connectivity index (χ1v) is 8.57. The number of nitrogens with one attached hydrogen (secondary N) is 1. The van der Waals surface area contributed by atoms with Gasteiger partial charge in [-0.25, -0.2) is 18.1 Å². The topological polar surface area (TPSA) is 85.1 Å². The molecule has 0 radical (unpaired) electrons. The maximum absolute atomic E-state index is 12.2. The zero-order chi connectivity index (χ0) is 14.6. The van der Waals surface area contributed by atoms with Crippen LogP contribution in [0.15, 0.2) is 40.7 Å². The van der Waals surface area contributed by atoms with E-state index in [2.05, 4.69) is 9.71 Å². The molecule has 0 aliphatic heterocycles. The second-order valence-electron chi connectivity index (χ2n) is 4.47. The Kier molecular flexibility index (Phi) is 4.87. The lowest BCUT2D eigenvalue weighted by atomic mass is 10.2. The first kappa shape index (κ1) is 15.1. The Labute approximate surface area is 122 Å². The summed E-state index contributed by atoms with van der Waals surface area (Å²) in [5.74, 6) is 0.0440. The summed E-state index contributed by atoms with van der Waals surface area (Å²) in [7, 11) is -3.51. The Morgan fingerprint density at radius 2 is 2.25 bits per heavy atom. The molecule has 2 aromatic rings. The average molecular weight is 311 g/mol. The fourth-order valence-electron chi connectivity index (χ4n) is 1.72. The number of nitrogens with zero attached hydrogens (tertiary/aromatic N) is 1. The lowest BCUT2D eigenvalue weighted by molar-refractivity contribution is 0.574. The number of hydrogen-bond donors (Lipinski definition) is 2. The number of nitrogens with two attached hydrogens (primary N) is 1. The summed E-state index contributed by atoms with van der Waals surface area (Å²) in [6.45, 7) is 2.58. The van der Waals surface area contributed by atoms with E-state index in [1.807, 2.05) is 12.3 Å². The van der Waals surface area contributed by atoms with Gasteiger partial charge >= 0.3 is 0 Å². The molecule has 20 heavy (non-hydrogen) atoms. The van der Waals surface area contributed by atoms with Gasteiger partial charge in [0.2, 0.25) is 10.0 Å². The third-order valence-electron chi connectivity index (χ3n) is 2.90. The molecule has 108 valence electrons. The fraction of sp³-hybridized carbons (Fsp3) is 0.308. The second-order valence-corrected chi connectivity index (χ2v) is 7.17. The monoisotopic (exact) mass is 311 g/mol. The van der Waals surface area contributed by atoms with E-state index >= 15 is 0 Å². The van der Waals surface area contributed by atoms with E-state index in [0.29, 0.717) is 13.1 Å². The number of benzene rings is 1. The van der Waals surface area contributed by atoms with Crippen molar-refractivity contribution in [1.29, 1.82) is 0 Å². The second kappa shape index (κ2) is 6.45. The Balaban J connectivity index is 2.07. The molecule has 0 fully saturated rings. The van der Waals surface area contributed by atoms with Crippen molar-refractivity contribution >= 4 is 21.4 Å². The van der Waals surface area contributed by atoms with E-state index in [0.717, 1.165) is 10.6 Å². The van der Waals surface area contributed by atoms with Crippen molar-refractivity contribution in [3.8, 4) is 0 Å². The van der Waals surface area contributed by atoms with Crippen LogP contribution in [0.25, 0.3) is 0 Å². The van der Waals surface area contributed by atoms with Gasteiger partial charge in [-0.05, 0) is 17.7 Å². The van der Waals surface area contributed by atoms with Gasteiger partial charge in [-0.1, -0.05) is 19.1 Å².